The zero-order valence-corrected chi connectivity index (χ0v) is 12.1. The smallest absolute Gasteiger partial charge is 0.254 e. The highest BCUT2D eigenvalue weighted by atomic mass is 32.1. The van der Waals surface area contributed by atoms with E-state index in [0.29, 0.717) is 17.3 Å². The Morgan fingerprint density at radius 2 is 2.21 bits per heavy atom. The first kappa shape index (κ1) is 14.0. The number of hydrogen-bond donors (Lipinski definition) is 1. The zero-order valence-electron chi connectivity index (χ0n) is 11.3. The SMILES string of the molecule is CC1CCCN(C(=O)c2ccccc2CC(N)=S)C1. The molecular weight excluding hydrogens is 256 g/mol. The van der Waals surface area contributed by atoms with Crippen molar-refractivity contribution < 1.29 is 4.79 Å². The van der Waals surface area contributed by atoms with Crippen LogP contribution in [0.15, 0.2) is 24.3 Å². The lowest BCUT2D eigenvalue weighted by atomic mass is 9.98. The number of thiocarbonyl (C=S) groups is 1. The van der Waals surface area contributed by atoms with Gasteiger partial charge in [-0.15, -0.1) is 0 Å². The van der Waals surface area contributed by atoms with Gasteiger partial charge in [0.05, 0.1) is 4.99 Å². The second-order valence-corrected chi connectivity index (χ2v) is 5.82. The van der Waals surface area contributed by atoms with Gasteiger partial charge in [0.15, 0.2) is 0 Å². The monoisotopic (exact) mass is 276 g/mol. The Kier molecular flexibility index (Phi) is 4.53. The Bertz CT molecular complexity index is 487. The first-order valence-corrected chi connectivity index (χ1v) is 7.14. The fourth-order valence-electron chi connectivity index (χ4n) is 2.62. The van der Waals surface area contributed by atoms with Crippen molar-refractivity contribution >= 4 is 23.1 Å². The number of nitrogens with two attached hydrogens (primary N) is 1. The van der Waals surface area contributed by atoms with Gasteiger partial charge in [-0.1, -0.05) is 37.3 Å². The van der Waals surface area contributed by atoms with E-state index in [1.165, 1.54) is 6.42 Å². The summed E-state index contributed by atoms with van der Waals surface area (Å²) >= 11 is 4.95. The maximum absolute atomic E-state index is 12.6. The molecule has 1 aliphatic rings. The van der Waals surface area contributed by atoms with Crippen molar-refractivity contribution in [3.8, 4) is 0 Å². The van der Waals surface area contributed by atoms with Crippen LogP contribution in [0.25, 0.3) is 0 Å². The number of carbonyl (C=O) groups is 1. The standard InChI is InChI=1S/C15H20N2OS/c1-11-5-4-8-17(10-11)15(18)13-7-3-2-6-12(13)9-14(16)19/h2-3,6-7,11H,4-5,8-10H2,1H3,(H2,16,19). The van der Waals surface area contributed by atoms with Crippen LogP contribution in [-0.2, 0) is 6.42 Å². The summed E-state index contributed by atoms with van der Waals surface area (Å²) in [6.07, 6.45) is 2.78. The molecule has 102 valence electrons. The fourth-order valence-corrected chi connectivity index (χ4v) is 2.77. The average molecular weight is 276 g/mol. The molecule has 1 aromatic carbocycles. The topological polar surface area (TPSA) is 46.3 Å². The summed E-state index contributed by atoms with van der Waals surface area (Å²) in [5.74, 6) is 0.693. The minimum absolute atomic E-state index is 0.110. The molecule has 2 N–H and O–H groups in total. The largest absolute Gasteiger partial charge is 0.393 e. The number of hydrogen-bond acceptors (Lipinski definition) is 2. The van der Waals surface area contributed by atoms with E-state index in [1.807, 2.05) is 29.2 Å². The third kappa shape index (κ3) is 3.53. The minimum atomic E-state index is 0.110. The number of nitrogens with zero attached hydrogens (tertiary/aromatic N) is 1. The van der Waals surface area contributed by atoms with E-state index in [9.17, 15) is 4.79 Å². The lowest BCUT2D eigenvalue weighted by Gasteiger charge is -2.31. The summed E-state index contributed by atoms with van der Waals surface area (Å²) in [6.45, 7) is 3.89. The molecule has 0 aliphatic carbocycles. The Morgan fingerprint density at radius 1 is 1.47 bits per heavy atom. The quantitative estimate of drug-likeness (QED) is 0.862. The summed E-state index contributed by atoms with van der Waals surface area (Å²) in [5.41, 5.74) is 7.27. The van der Waals surface area contributed by atoms with Crippen molar-refractivity contribution in [2.75, 3.05) is 13.1 Å². The Labute approximate surface area is 119 Å². The van der Waals surface area contributed by atoms with Crippen LogP contribution in [0.2, 0.25) is 0 Å². The summed E-state index contributed by atoms with van der Waals surface area (Å²) < 4.78 is 0. The van der Waals surface area contributed by atoms with E-state index in [-0.39, 0.29) is 5.91 Å². The number of rotatable bonds is 3. The zero-order chi connectivity index (χ0) is 13.8. The van der Waals surface area contributed by atoms with Crippen LogP contribution < -0.4 is 5.73 Å². The van der Waals surface area contributed by atoms with Crippen LogP contribution in [0.3, 0.4) is 0 Å². The minimum Gasteiger partial charge on any atom is -0.393 e. The molecule has 1 heterocycles. The second kappa shape index (κ2) is 6.15. The van der Waals surface area contributed by atoms with Gasteiger partial charge in [-0.2, -0.15) is 0 Å². The molecule has 0 saturated carbocycles. The van der Waals surface area contributed by atoms with Crippen molar-refractivity contribution in [1.82, 2.24) is 4.90 Å². The summed E-state index contributed by atoms with van der Waals surface area (Å²) in [6, 6.07) is 7.61. The predicted molar refractivity (Wildman–Crippen MR) is 81.2 cm³/mol. The molecule has 0 radical (unpaired) electrons. The van der Waals surface area contributed by atoms with Crippen molar-refractivity contribution in [1.29, 1.82) is 0 Å². The van der Waals surface area contributed by atoms with Gasteiger partial charge in [0.25, 0.3) is 5.91 Å². The van der Waals surface area contributed by atoms with Crippen molar-refractivity contribution in [3.63, 3.8) is 0 Å². The molecule has 0 aromatic heterocycles. The highest BCUT2D eigenvalue weighted by Gasteiger charge is 2.23. The van der Waals surface area contributed by atoms with Crippen LogP contribution >= 0.6 is 12.2 Å². The van der Waals surface area contributed by atoms with Gasteiger partial charge >= 0.3 is 0 Å². The lowest BCUT2D eigenvalue weighted by Crippen LogP contribution is -2.39. The molecule has 3 nitrogen and oxygen atoms in total. The van der Waals surface area contributed by atoms with E-state index in [1.54, 1.807) is 0 Å². The van der Waals surface area contributed by atoms with Crippen LogP contribution in [0.1, 0.15) is 35.7 Å². The van der Waals surface area contributed by atoms with Gasteiger partial charge in [0.2, 0.25) is 0 Å². The van der Waals surface area contributed by atoms with E-state index in [2.05, 4.69) is 6.92 Å². The molecule has 1 unspecified atom stereocenters. The number of likely N-dealkylation sites (tertiary alicyclic amines) is 1. The fraction of sp³-hybridized carbons (Fsp3) is 0.467. The molecular formula is C15H20N2OS. The Morgan fingerprint density at radius 3 is 2.89 bits per heavy atom. The van der Waals surface area contributed by atoms with Gasteiger partial charge in [0, 0.05) is 25.1 Å². The predicted octanol–water partition coefficient (Wildman–Crippen LogP) is 2.39. The Balaban J connectivity index is 2.20. The van der Waals surface area contributed by atoms with E-state index in [4.69, 9.17) is 18.0 Å². The van der Waals surface area contributed by atoms with Crippen molar-refractivity contribution in [3.05, 3.63) is 35.4 Å². The molecule has 1 atom stereocenters. The molecule has 19 heavy (non-hydrogen) atoms. The molecule has 1 aliphatic heterocycles. The van der Waals surface area contributed by atoms with E-state index < -0.39 is 0 Å². The highest BCUT2D eigenvalue weighted by Crippen LogP contribution is 2.19. The molecule has 0 bridgehead atoms. The number of amides is 1. The van der Waals surface area contributed by atoms with Crippen molar-refractivity contribution in [2.45, 2.75) is 26.2 Å². The van der Waals surface area contributed by atoms with Gasteiger partial charge in [-0.25, -0.2) is 0 Å². The maximum Gasteiger partial charge on any atom is 0.254 e. The number of carbonyl (C=O) groups excluding carboxylic acids is 1. The molecule has 4 heteroatoms. The summed E-state index contributed by atoms with van der Waals surface area (Å²) in [4.78, 5) is 15.0. The van der Waals surface area contributed by atoms with Gasteiger partial charge in [0.1, 0.15) is 0 Å². The van der Waals surface area contributed by atoms with E-state index >= 15 is 0 Å². The summed E-state index contributed by atoms with van der Waals surface area (Å²) in [7, 11) is 0. The lowest BCUT2D eigenvalue weighted by molar-refractivity contribution is 0.0682. The van der Waals surface area contributed by atoms with Crippen molar-refractivity contribution in [2.24, 2.45) is 11.7 Å². The average Bonchev–Trinajstić information content (AvgIpc) is 2.38. The first-order valence-electron chi connectivity index (χ1n) is 6.73. The third-order valence-corrected chi connectivity index (χ3v) is 3.70. The third-order valence-electron chi connectivity index (χ3n) is 3.56. The molecule has 1 fully saturated rings. The van der Waals surface area contributed by atoms with Gasteiger partial charge in [-0.3, -0.25) is 4.79 Å². The number of benzene rings is 1. The highest BCUT2D eigenvalue weighted by molar-refractivity contribution is 7.80. The van der Waals surface area contributed by atoms with Crippen LogP contribution in [0, 0.1) is 5.92 Å². The molecule has 1 saturated heterocycles. The normalized spacial score (nSPS) is 19.2. The van der Waals surface area contributed by atoms with E-state index in [0.717, 1.165) is 30.6 Å². The summed E-state index contributed by atoms with van der Waals surface area (Å²) in [5, 5.41) is 0. The van der Waals surface area contributed by atoms with Crippen LogP contribution in [0.4, 0.5) is 0 Å². The van der Waals surface area contributed by atoms with Crippen LogP contribution in [-0.4, -0.2) is 28.9 Å². The Hall–Kier alpha value is -1.42. The second-order valence-electron chi connectivity index (χ2n) is 5.30. The molecule has 1 amide bonds. The first-order chi connectivity index (χ1) is 9.08. The van der Waals surface area contributed by atoms with Gasteiger partial charge in [-0.05, 0) is 30.4 Å². The molecule has 2 rings (SSSR count). The van der Waals surface area contributed by atoms with Crippen LogP contribution in [0.5, 0.6) is 0 Å². The molecule has 1 aromatic rings. The molecule has 0 spiro atoms. The number of piperidine rings is 1. The maximum atomic E-state index is 12.6. The van der Waals surface area contributed by atoms with Gasteiger partial charge < -0.3 is 10.6 Å².